The maximum Gasteiger partial charge on any atom is 0.458 e. The van der Waals surface area contributed by atoms with Gasteiger partial charge >= 0.3 is 12.1 Å². The highest BCUT2D eigenvalue weighted by molar-refractivity contribution is 7.91. The molecule has 0 bridgehead atoms. The number of aromatic nitrogens is 5. The number of halogens is 5. The maximum atomic E-state index is 13.9. The molecule has 1 aliphatic rings. The van der Waals surface area contributed by atoms with Gasteiger partial charge in [-0.15, -0.1) is 0 Å². The largest absolute Gasteiger partial charge is 0.458 e. The summed E-state index contributed by atoms with van der Waals surface area (Å²) in [5.41, 5.74) is 0.405. The molecule has 1 fully saturated rings. The lowest BCUT2D eigenvalue weighted by molar-refractivity contribution is -0.289. The molecule has 4 aromatic heterocycles. The number of aryl methyl sites for hydroxylation is 1. The smallest absolute Gasteiger partial charge is 0.310 e. The third-order valence-electron chi connectivity index (χ3n) is 6.32. The van der Waals surface area contributed by atoms with Crippen molar-refractivity contribution in [2.45, 2.75) is 42.7 Å². The zero-order valence-electron chi connectivity index (χ0n) is 19.6. The molecule has 4 aromatic rings. The Morgan fingerprint density at radius 2 is 1.68 bits per heavy atom. The van der Waals surface area contributed by atoms with Crippen molar-refractivity contribution >= 4 is 21.0 Å². The minimum Gasteiger partial charge on any atom is -0.310 e. The van der Waals surface area contributed by atoms with Crippen LogP contribution in [0, 0.1) is 0 Å². The zero-order valence-corrected chi connectivity index (χ0v) is 20.4. The van der Waals surface area contributed by atoms with Crippen LogP contribution < -0.4 is 0 Å². The van der Waals surface area contributed by atoms with Crippen molar-refractivity contribution in [1.82, 2.24) is 24.5 Å². The summed E-state index contributed by atoms with van der Waals surface area (Å²) in [4.78, 5) is 16.5. The Hall–Kier alpha value is -3.48. The van der Waals surface area contributed by atoms with Crippen LogP contribution in [-0.4, -0.2) is 44.8 Å². The summed E-state index contributed by atoms with van der Waals surface area (Å²) in [6.45, 7) is 1.46. The van der Waals surface area contributed by atoms with Crippen LogP contribution in [0.15, 0.2) is 47.8 Å². The second-order valence-electron chi connectivity index (χ2n) is 8.85. The molecule has 0 aromatic carbocycles. The second-order valence-corrected chi connectivity index (χ2v) is 11.1. The summed E-state index contributed by atoms with van der Waals surface area (Å²) in [6.07, 6.45) is -0.124. The Morgan fingerprint density at radius 3 is 2.27 bits per heavy atom. The highest BCUT2D eigenvalue weighted by Gasteiger charge is 2.59. The first-order valence-corrected chi connectivity index (χ1v) is 13.0. The molecule has 194 valence electrons. The van der Waals surface area contributed by atoms with Gasteiger partial charge in [-0.3, -0.25) is 9.97 Å². The summed E-state index contributed by atoms with van der Waals surface area (Å²) < 4.78 is 93.6. The van der Waals surface area contributed by atoms with Gasteiger partial charge in [0.2, 0.25) is 0 Å². The molecule has 0 aliphatic heterocycles. The van der Waals surface area contributed by atoms with Crippen LogP contribution in [0.3, 0.4) is 0 Å². The highest BCUT2D eigenvalue weighted by atomic mass is 32.2. The number of rotatable bonds is 6. The van der Waals surface area contributed by atoms with Crippen LogP contribution in [0.5, 0.6) is 0 Å². The number of alkyl halides is 5. The predicted octanol–water partition coefficient (Wildman–Crippen LogP) is 5.42. The topological polar surface area (TPSA) is 90.6 Å². The van der Waals surface area contributed by atoms with E-state index in [0.29, 0.717) is 29.3 Å². The predicted molar refractivity (Wildman–Crippen MR) is 125 cm³/mol. The molecule has 4 heterocycles. The zero-order chi connectivity index (χ0) is 26.8. The average molecular weight is 538 g/mol. The van der Waals surface area contributed by atoms with Crippen molar-refractivity contribution < 1.29 is 30.4 Å². The van der Waals surface area contributed by atoms with Gasteiger partial charge in [0, 0.05) is 48.4 Å². The lowest BCUT2D eigenvalue weighted by Gasteiger charge is -2.19. The fourth-order valence-electron chi connectivity index (χ4n) is 3.98. The second kappa shape index (κ2) is 8.54. The molecular formula is C24H20F5N5O2S. The number of hydrogen-bond acceptors (Lipinski definition) is 6. The first-order chi connectivity index (χ1) is 17.3. The number of imidazole rings is 1. The van der Waals surface area contributed by atoms with Crippen LogP contribution in [0.4, 0.5) is 22.0 Å². The van der Waals surface area contributed by atoms with Gasteiger partial charge in [0.15, 0.2) is 21.3 Å². The molecule has 0 radical (unpaired) electrons. The SMILES string of the molecule is CCS(=O)(=O)c1cc(-c2ccc(C3CC3)nc2)cnc1-c1nc2cc(C(F)(F)C(F)(F)F)cnc2n1C. The van der Waals surface area contributed by atoms with Crippen LogP contribution in [0.25, 0.3) is 33.8 Å². The average Bonchev–Trinajstić information content (AvgIpc) is 3.66. The Kier molecular flexibility index (Phi) is 5.81. The Morgan fingerprint density at radius 1 is 0.973 bits per heavy atom. The van der Waals surface area contributed by atoms with Gasteiger partial charge in [0.1, 0.15) is 11.2 Å². The van der Waals surface area contributed by atoms with E-state index in [2.05, 4.69) is 19.9 Å². The van der Waals surface area contributed by atoms with Gasteiger partial charge in [-0.2, -0.15) is 22.0 Å². The van der Waals surface area contributed by atoms with E-state index in [1.165, 1.54) is 30.8 Å². The third kappa shape index (κ3) is 4.34. The molecule has 7 nitrogen and oxygen atoms in total. The summed E-state index contributed by atoms with van der Waals surface area (Å²) in [5, 5.41) is 0. The minimum atomic E-state index is -5.81. The normalized spacial score (nSPS) is 14.9. The molecule has 37 heavy (non-hydrogen) atoms. The van der Waals surface area contributed by atoms with Crippen LogP contribution >= 0.6 is 0 Å². The van der Waals surface area contributed by atoms with E-state index in [0.717, 1.165) is 18.5 Å². The first-order valence-electron chi connectivity index (χ1n) is 11.3. The molecule has 13 heteroatoms. The van der Waals surface area contributed by atoms with Crippen LogP contribution in [-0.2, 0) is 22.8 Å². The van der Waals surface area contributed by atoms with Gasteiger partial charge in [-0.05, 0) is 31.0 Å². The van der Waals surface area contributed by atoms with Crippen LogP contribution in [0.2, 0.25) is 0 Å². The molecule has 0 unspecified atom stereocenters. The standard InChI is InChI=1S/C24H20F5N5O2S/c1-3-37(35,36)19-8-15(14-6-7-17(30-10-14)13-4-5-13)11-31-20(19)22-33-18-9-16(12-32-21(18)34(22)2)23(25,26)24(27,28)29/h6-13H,3-5H2,1-2H3. The van der Waals surface area contributed by atoms with E-state index in [1.54, 1.807) is 6.20 Å². The number of nitrogens with zero attached hydrogens (tertiary/aromatic N) is 5. The molecule has 1 aliphatic carbocycles. The third-order valence-corrected chi connectivity index (χ3v) is 8.06. The fourth-order valence-corrected chi connectivity index (χ4v) is 5.04. The summed E-state index contributed by atoms with van der Waals surface area (Å²) in [7, 11) is -2.41. The van der Waals surface area contributed by atoms with Gasteiger partial charge in [-0.1, -0.05) is 13.0 Å². The van der Waals surface area contributed by atoms with Crippen molar-refractivity contribution in [2.24, 2.45) is 7.05 Å². The van der Waals surface area contributed by atoms with E-state index < -0.39 is 27.5 Å². The molecule has 0 amide bonds. The van der Waals surface area contributed by atoms with E-state index in [9.17, 15) is 30.4 Å². The number of hydrogen-bond donors (Lipinski definition) is 0. The molecular weight excluding hydrogens is 517 g/mol. The van der Waals surface area contributed by atoms with E-state index in [4.69, 9.17) is 0 Å². The lowest BCUT2D eigenvalue weighted by Crippen LogP contribution is -2.33. The minimum absolute atomic E-state index is 0.0117. The Labute approximate surface area is 208 Å². The molecule has 0 spiro atoms. The Balaban J connectivity index is 1.63. The van der Waals surface area contributed by atoms with Crippen molar-refractivity contribution in [3.05, 3.63) is 54.1 Å². The number of pyridine rings is 3. The quantitative estimate of drug-likeness (QED) is 0.305. The van der Waals surface area contributed by atoms with Gasteiger partial charge in [-0.25, -0.2) is 18.4 Å². The Bertz CT molecular complexity index is 1610. The van der Waals surface area contributed by atoms with Crippen molar-refractivity contribution in [3.63, 3.8) is 0 Å². The summed E-state index contributed by atoms with van der Waals surface area (Å²) >= 11 is 0. The van der Waals surface area contributed by atoms with Crippen molar-refractivity contribution in [1.29, 1.82) is 0 Å². The molecule has 5 rings (SSSR count). The summed E-state index contributed by atoms with van der Waals surface area (Å²) in [5.74, 6) is -4.98. The molecule has 1 saturated carbocycles. The molecule has 0 atom stereocenters. The fraction of sp³-hybridized carbons (Fsp3) is 0.333. The van der Waals surface area contributed by atoms with Gasteiger partial charge < -0.3 is 4.57 Å². The van der Waals surface area contributed by atoms with E-state index in [1.807, 2.05) is 12.1 Å². The van der Waals surface area contributed by atoms with E-state index in [-0.39, 0.29) is 33.3 Å². The van der Waals surface area contributed by atoms with Crippen molar-refractivity contribution in [3.8, 4) is 22.6 Å². The number of sulfone groups is 1. The highest BCUT2D eigenvalue weighted by Crippen LogP contribution is 2.44. The van der Waals surface area contributed by atoms with Crippen LogP contribution in [0.1, 0.15) is 36.9 Å². The van der Waals surface area contributed by atoms with Gasteiger partial charge in [0.05, 0.1) is 16.2 Å². The molecule has 0 N–H and O–H groups in total. The lowest BCUT2D eigenvalue weighted by atomic mass is 10.1. The summed E-state index contributed by atoms with van der Waals surface area (Å²) in [6, 6.07) is 5.75. The van der Waals surface area contributed by atoms with Crippen molar-refractivity contribution in [2.75, 3.05) is 5.75 Å². The maximum absolute atomic E-state index is 13.9. The number of fused-ring (bicyclic) bond motifs is 1. The molecule has 0 saturated heterocycles. The first kappa shape index (κ1) is 25.2. The monoisotopic (exact) mass is 537 g/mol. The van der Waals surface area contributed by atoms with E-state index >= 15 is 0 Å². The van der Waals surface area contributed by atoms with Gasteiger partial charge in [0.25, 0.3) is 0 Å².